The normalized spacial score (nSPS) is 12.7. The highest BCUT2D eigenvalue weighted by Gasteiger charge is 2.19. The number of nitrogens with zero attached hydrogens (tertiary/aromatic N) is 2. The summed E-state index contributed by atoms with van der Waals surface area (Å²) in [6.07, 6.45) is 2.04. The first kappa shape index (κ1) is 14.8. The minimum absolute atomic E-state index is 0.671. The summed E-state index contributed by atoms with van der Waals surface area (Å²) in [7, 11) is 0. The number of aliphatic hydroxyl groups excluding tert-OH is 1. The topological polar surface area (TPSA) is 38.0 Å². The van der Waals surface area contributed by atoms with Crippen molar-refractivity contribution in [2.75, 3.05) is 0 Å². The summed E-state index contributed by atoms with van der Waals surface area (Å²) < 4.78 is 3.74. The summed E-state index contributed by atoms with van der Waals surface area (Å²) in [6, 6.07) is 5.88. The van der Waals surface area contributed by atoms with Crippen molar-refractivity contribution >= 4 is 31.9 Å². The molecule has 0 amide bonds. The number of hydrogen-bond acceptors (Lipinski definition) is 2. The Bertz CT molecular complexity index is 581. The van der Waals surface area contributed by atoms with Crippen LogP contribution < -0.4 is 0 Å². The lowest BCUT2D eigenvalue weighted by atomic mass is 10.0. The van der Waals surface area contributed by atoms with Gasteiger partial charge in [0.1, 0.15) is 6.10 Å². The van der Waals surface area contributed by atoms with Crippen LogP contribution in [0.4, 0.5) is 0 Å². The van der Waals surface area contributed by atoms with E-state index >= 15 is 0 Å². The van der Waals surface area contributed by atoms with E-state index in [0.29, 0.717) is 0 Å². The fourth-order valence-electron chi connectivity index (χ4n) is 2.03. The first-order valence-corrected chi connectivity index (χ1v) is 7.78. The molecule has 0 saturated heterocycles. The van der Waals surface area contributed by atoms with Crippen molar-refractivity contribution in [3.05, 3.63) is 50.2 Å². The van der Waals surface area contributed by atoms with Crippen molar-refractivity contribution < 1.29 is 5.11 Å². The van der Waals surface area contributed by atoms with Crippen LogP contribution in [-0.4, -0.2) is 14.9 Å². The van der Waals surface area contributed by atoms with E-state index in [1.807, 2.05) is 29.8 Å². The summed E-state index contributed by atoms with van der Waals surface area (Å²) in [5, 5.41) is 14.9. The van der Waals surface area contributed by atoms with E-state index in [9.17, 15) is 5.11 Å². The molecular formula is C14H16Br2N2O. The van der Waals surface area contributed by atoms with Crippen molar-refractivity contribution in [1.82, 2.24) is 9.78 Å². The van der Waals surface area contributed by atoms with Gasteiger partial charge in [-0.3, -0.25) is 4.68 Å². The van der Waals surface area contributed by atoms with Crippen molar-refractivity contribution in [2.24, 2.45) is 0 Å². The van der Waals surface area contributed by atoms with Crippen LogP contribution in [0.3, 0.4) is 0 Å². The largest absolute Gasteiger partial charge is 0.382 e. The molecule has 0 fully saturated rings. The number of benzene rings is 1. The van der Waals surface area contributed by atoms with Crippen LogP contribution in [0.25, 0.3) is 0 Å². The third-order valence-electron chi connectivity index (χ3n) is 3.03. The molecule has 1 N–H and O–H groups in total. The van der Waals surface area contributed by atoms with Crippen LogP contribution in [0.1, 0.15) is 36.3 Å². The summed E-state index contributed by atoms with van der Waals surface area (Å²) >= 11 is 6.94. The second kappa shape index (κ2) is 6.20. The van der Waals surface area contributed by atoms with Gasteiger partial charge in [0, 0.05) is 11.0 Å². The molecule has 1 heterocycles. The Morgan fingerprint density at radius 2 is 2.05 bits per heavy atom. The number of halogens is 2. The van der Waals surface area contributed by atoms with Gasteiger partial charge in [-0.2, -0.15) is 5.10 Å². The molecule has 1 unspecified atom stereocenters. The lowest BCUT2D eigenvalue weighted by Gasteiger charge is -2.15. The Morgan fingerprint density at radius 1 is 1.32 bits per heavy atom. The third-order valence-corrected chi connectivity index (χ3v) is 4.53. The lowest BCUT2D eigenvalue weighted by molar-refractivity contribution is 0.206. The molecule has 0 aliphatic carbocycles. The van der Waals surface area contributed by atoms with E-state index in [-0.39, 0.29) is 0 Å². The predicted octanol–water partition coefficient (Wildman–Crippen LogP) is 4.21. The molecule has 3 nitrogen and oxygen atoms in total. The molecule has 0 bridgehead atoms. The molecule has 1 aromatic heterocycles. The van der Waals surface area contributed by atoms with E-state index in [1.165, 1.54) is 0 Å². The highest BCUT2D eigenvalue weighted by molar-refractivity contribution is 9.10. The Balaban J connectivity index is 2.40. The first-order valence-electron chi connectivity index (χ1n) is 6.20. The van der Waals surface area contributed by atoms with Gasteiger partial charge in [0.25, 0.3) is 0 Å². The van der Waals surface area contributed by atoms with E-state index in [1.54, 1.807) is 6.20 Å². The number of rotatable bonds is 4. The van der Waals surface area contributed by atoms with Crippen molar-refractivity contribution in [1.29, 1.82) is 0 Å². The molecule has 1 aromatic carbocycles. The minimum Gasteiger partial charge on any atom is -0.382 e. The molecule has 0 spiro atoms. The third kappa shape index (κ3) is 3.09. The molecule has 102 valence electrons. The fourth-order valence-corrected chi connectivity index (χ4v) is 2.79. The SMILES string of the molecule is CCCn1ncc(Br)c1C(O)c1ccc(Br)c(C)c1. The maximum atomic E-state index is 10.6. The molecular weight excluding hydrogens is 372 g/mol. The number of aliphatic hydroxyl groups is 1. The molecule has 1 atom stereocenters. The van der Waals surface area contributed by atoms with Gasteiger partial charge in [0.15, 0.2) is 0 Å². The van der Waals surface area contributed by atoms with Crippen molar-refractivity contribution in [3.63, 3.8) is 0 Å². The standard InChI is InChI=1S/C14H16Br2N2O/c1-3-6-18-13(12(16)8-17-18)14(19)10-4-5-11(15)9(2)7-10/h4-5,7-8,14,19H,3,6H2,1-2H3. The van der Waals surface area contributed by atoms with Crippen LogP contribution in [0.5, 0.6) is 0 Å². The smallest absolute Gasteiger partial charge is 0.122 e. The second-order valence-electron chi connectivity index (χ2n) is 4.51. The average molecular weight is 388 g/mol. The molecule has 19 heavy (non-hydrogen) atoms. The highest BCUT2D eigenvalue weighted by atomic mass is 79.9. The van der Waals surface area contributed by atoms with E-state index < -0.39 is 6.10 Å². The molecule has 0 aliphatic heterocycles. The fraction of sp³-hybridized carbons (Fsp3) is 0.357. The molecule has 5 heteroatoms. The van der Waals surface area contributed by atoms with Crippen LogP contribution >= 0.6 is 31.9 Å². The molecule has 0 saturated carbocycles. The van der Waals surface area contributed by atoms with E-state index in [0.717, 1.165) is 38.7 Å². The van der Waals surface area contributed by atoms with Gasteiger partial charge in [0.2, 0.25) is 0 Å². The zero-order valence-corrected chi connectivity index (χ0v) is 14.1. The predicted molar refractivity (Wildman–Crippen MR) is 83.2 cm³/mol. The second-order valence-corrected chi connectivity index (χ2v) is 6.22. The number of aromatic nitrogens is 2. The first-order chi connectivity index (χ1) is 9.04. The Kier molecular flexibility index (Phi) is 4.81. The average Bonchev–Trinajstić information content (AvgIpc) is 2.74. The molecule has 0 radical (unpaired) electrons. The Labute approximate surface area is 129 Å². The summed E-state index contributed by atoms with van der Waals surface area (Å²) in [6.45, 7) is 4.90. The quantitative estimate of drug-likeness (QED) is 0.853. The lowest BCUT2D eigenvalue weighted by Crippen LogP contribution is -2.10. The highest BCUT2D eigenvalue weighted by Crippen LogP contribution is 2.30. The summed E-state index contributed by atoms with van der Waals surface area (Å²) in [4.78, 5) is 0. The maximum Gasteiger partial charge on any atom is 0.122 e. The molecule has 2 aromatic rings. The van der Waals surface area contributed by atoms with Crippen LogP contribution in [-0.2, 0) is 6.54 Å². The van der Waals surface area contributed by atoms with Gasteiger partial charge in [-0.15, -0.1) is 0 Å². The zero-order chi connectivity index (χ0) is 14.0. The van der Waals surface area contributed by atoms with Gasteiger partial charge in [0.05, 0.1) is 16.4 Å². The van der Waals surface area contributed by atoms with Gasteiger partial charge in [-0.05, 0) is 46.5 Å². The van der Waals surface area contributed by atoms with Crippen molar-refractivity contribution in [3.8, 4) is 0 Å². The van der Waals surface area contributed by atoms with E-state index in [2.05, 4.69) is 43.9 Å². The van der Waals surface area contributed by atoms with E-state index in [4.69, 9.17) is 0 Å². The van der Waals surface area contributed by atoms with Gasteiger partial charge in [-0.25, -0.2) is 0 Å². The summed E-state index contributed by atoms with van der Waals surface area (Å²) in [5.41, 5.74) is 2.79. The number of hydrogen-bond donors (Lipinski definition) is 1. The van der Waals surface area contributed by atoms with Crippen LogP contribution in [0.15, 0.2) is 33.3 Å². The Morgan fingerprint density at radius 3 is 2.68 bits per heavy atom. The molecule has 2 rings (SSSR count). The van der Waals surface area contributed by atoms with Gasteiger partial charge < -0.3 is 5.11 Å². The summed E-state index contributed by atoms with van der Waals surface area (Å²) in [5.74, 6) is 0. The van der Waals surface area contributed by atoms with Crippen molar-refractivity contribution in [2.45, 2.75) is 32.9 Å². The monoisotopic (exact) mass is 386 g/mol. The van der Waals surface area contributed by atoms with Gasteiger partial charge in [-0.1, -0.05) is 35.0 Å². The minimum atomic E-state index is -0.671. The Hall–Kier alpha value is -0.650. The molecule has 0 aliphatic rings. The van der Waals surface area contributed by atoms with Crippen LogP contribution in [0.2, 0.25) is 0 Å². The maximum absolute atomic E-state index is 10.6. The van der Waals surface area contributed by atoms with Crippen LogP contribution in [0, 0.1) is 6.92 Å². The van der Waals surface area contributed by atoms with Gasteiger partial charge >= 0.3 is 0 Å². The zero-order valence-electron chi connectivity index (χ0n) is 10.9. The number of aryl methyl sites for hydroxylation is 2.